The first-order valence-corrected chi connectivity index (χ1v) is 38.7. The summed E-state index contributed by atoms with van der Waals surface area (Å²) in [6.07, 6.45) is -5.39. The molecule has 5 rings (SSSR count). The molecule has 5 aliphatic rings. The number of allylic oxidation sites excluding steroid dienone is 1. The number of aliphatic hydroxyl groups is 16. The number of hydrogen-bond donors (Lipinski definition) is 18. The Bertz CT molecular complexity index is 2360. The van der Waals surface area contributed by atoms with E-state index >= 15 is 0 Å². The molecule has 4 aliphatic heterocycles. The maximum atomic E-state index is 13.6. The number of rotatable bonds is 52. The zero-order valence-electron chi connectivity index (χ0n) is 61.8. The number of carbonyl (C=O) groups excluding carboxylic acids is 3. The highest BCUT2D eigenvalue weighted by Crippen LogP contribution is 2.45. The second kappa shape index (κ2) is 48.7. The van der Waals surface area contributed by atoms with E-state index in [0.29, 0.717) is 12.8 Å². The Morgan fingerprint density at radius 2 is 1.08 bits per heavy atom. The molecule has 1 aliphatic carbocycles. The van der Waals surface area contributed by atoms with Crippen LogP contribution in [-0.4, -0.2) is 299 Å². The van der Waals surface area contributed by atoms with Gasteiger partial charge in [0.05, 0.1) is 82.6 Å². The molecule has 0 aromatic heterocycles. The van der Waals surface area contributed by atoms with Crippen LogP contribution in [0.3, 0.4) is 0 Å². The number of hydrogen-bond acceptors (Lipinski definition) is 29. The van der Waals surface area contributed by atoms with Crippen molar-refractivity contribution in [2.24, 2.45) is 11.8 Å². The van der Waals surface area contributed by atoms with Gasteiger partial charge in [-0.25, -0.2) is 0 Å². The van der Waals surface area contributed by atoms with Crippen molar-refractivity contribution in [1.82, 2.24) is 10.6 Å². The Morgan fingerprint density at radius 1 is 0.567 bits per heavy atom. The fraction of sp³-hybridized carbons (Fsp3) is 0.932. The van der Waals surface area contributed by atoms with E-state index in [4.69, 9.17) is 47.4 Å². The van der Waals surface area contributed by atoms with Gasteiger partial charge in [-0.2, -0.15) is 0 Å². The molecule has 0 bridgehead atoms. The van der Waals surface area contributed by atoms with Crippen LogP contribution in [0.15, 0.2) is 12.2 Å². The summed E-state index contributed by atoms with van der Waals surface area (Å²) < 4.78 is 60.6. The molecule has 4 heterocycles. The van der Waals surface area contributed by atoms with Crippen molar-refractivity contribution in [1.29, 1.82) is 0 Å². The van der Waals surface area contributed by atoms with Crippen LogP contribution in [0.4, 0.5) is 0 Å². The van der Waals surface area contributed by atoms with Gasteiger partial charge in [0.25, 0.3) is 6.47 Å². The molecule has 0 aromatic carbocycles. The van der Waals surface area contributed by atoms with Crippen LogP contribution in [0.1, 0.15) is 220 Å². The van der Waals surface area contributed by atoms with Gasteiger partial charge in [-0.3, -0.25) is 14.4 Å². The van der Waals surface area contributed by atoms with Crippen molar-refractivity contribution >= 4 is 18.3 Å². The highest BCUT2D eigenvalue weighted by atomic mass is 16.9. The SMILES string of the molecule is CCCCCCCCCCCCC/C=C/[C@@H](O)[C@H](CO[C@@H]1O[C@H](CO)[C@@H](O[C@@H]2C[C@H](CO)[C@H](O[C@@H]3O[C@H](CO)[C@H](O)[C@H](O[C@@H]4O[C@H](CO)[C@H](O)[C@H](O)[C@H]4O)[C@H]3C)[C@H](O[C@]3(OC=O)C[C@@](O)(CO)[C@@H](NC(C)=O)[C@H]([C@H](O)CO)O3)[C@H]2O)[C@H](O)[C@H]1O)NC(=O)CCCCCCCCCCCCCCCCC. The molecule has 608 valence electrons. The van der Waals surface area contributed by atoms with E-state index in [9.17, 15) is 96.1 Å². The second-order valence-electron chi connectivity index (χ2n) is 29.4. The summed E-state index contributed by atoms with van der Waals surface area (Å²) in [5.41, 5.74) is -2.68. The minimum Gasteiger partial charge on any atom is -0.410 e. The summed E-state index contributed by atoms with van der Waals surface area (Å²) in [4.78, 5) is 38.8. The molecule has 31 heteroatoms. The number of unbranched alkanes of at least 4 members (excludes halogenated alkanes) is 25. The lowest BCUT2D eigenvalue weighted by Gasteiger charge is -2.54. The van der Waals surface area contributed by atoms with Crippen molar-refractivity contribution in [2.45, 2.75) is 373 Å². The molecule has 2 amide bonds. The highest BCUT2D eigenvalue weighted by molar-refractivity contribution is 5.76. The maximum absolute atomic E-state index is 13.6. The van der Waals surface area contributed by atoms with Gasteiger partial charge in [-0.15, -0.1) is 0 Å². The van der Waals surface area contributed by atoms with Gasteiger partial charge in [0.1, 0.15) is 91.1 Å². The minimum atomic E-state index is -3.08. The average molecular weight is 1500 g/mol. The van der Waals surface area contributed by atoms with Crippen LogP contribution in [0, 0.1) is 11.8 Å². The summed E-state index contributed by atoms with van der Waals surface area (Å²) in [7, 11) is 0. The molecular weight excluding hydrogens is 1370 g/mol. The van der Waals surface area contributed by atoms with Crippen molar-refractivity contribution < 1.29 is 143 Å². The van der Waals surface area contributed by atoms with Crippen LogP contribution >= 0.6 is 0 Å². The van der Waals surface area contributed by atoms with Gasteiger partial charge >= 0.3 is 5.97 Å². The maximum Gasteiger partial charge on any atom is 0.332 e. The first kappa shape index (κ1) is 91.8. The van der Waals surface area contributed by atoms with E-state index in [-0.39, 0.29) is 18.8 Å². The van der Waals surface area contributed by atoms with Crippen LogP contribution in [0.5, 0.6) is 0 Å². The number of ether oxygens (including phenoxy) is 10. The Morgan fingerprint density at radius 3 is 1.60 bits per heavy atom. The van der Waals surface area contributed by atoms with Crippen molar-refractivity contribution in [3.8, 4) is 0 Å². The number of aliphatic hydroxyl groups excluding tert-OH is 15. The third-order valence-corrected chi connectivity index (χ3v) is 21.0. The topological polar surface area (TPSA) is 491 Å². The largest absolute Gasteiger partial charge is 0.410 e. The first-order chi connectivity index (χ1) is 50.0. The lowest BCUT2D eigenvalue weighted by molar-refractivity contribution is -0.448. The standard InChI is InChI=1S/C73H132N2O29/c1-5-7-9-11-13-15-17-19-20-22-24-26-28-30-32-34-55(86)75-48(49(84)33-31-29-27-25-23-21-18-16-14-12-10-8-6-2)41-95-70-62(93)60(91)66(54(40-80)100-70)97-51-35-47(36-76)64(102-69-45(3)63(58(89)53(39-79)98-69)101-71-61(92)59(90)56(87)52(38-78)99-71)67(57(51)88)104-73(96-44-82)42-72(94,43-81)68(74-46(4)83)65(103-73)50(85)37-77/h31,33,44-45,47-54,56-71,76-81,84-85,87-94H,5-30,32,34-43H2,1-4H3,(H,74,83)(H,75,86)/b33-31+/t45-,47-,48+,49-,50-,51-,52-,53-,54-,56+,57+,58+,59+,60-,61-,62-,63-,64+,65+,66-,67-,68+,69+,70-,71+,72-,73+/m1/s1. The van der Waals surface area contributed by atoms with Crippen molar-refractivity contribution in [3.63, 3.8) is 0 Å². The molecule has 27 atom stereocenters. The van der Waals surface area contributed by atoms with E-state index < -0.39 is 229 Å². The molecule has 0 spiro atoms. The normalized spacial score (nSPS) is 35.7. The van der Waals surface area contributed by atoms with Gasteiger partial charge in [0.15, 0.2) is 18.9 Å². The zero-order chi connectivity index (χ0) is 76.4. The van der Waals surface area contributed by atoms with Gasteiger partial charge in [0.2, 0.25) is 11.8 Å². The van der Waals surface area contributed by atoms with Gasteiger partial charge in [-0.05, 0) is 25.7 Å². The Labute approximate surface area is 613 Å². The lowest BCUT2D eigenvalue weighted by Crippen LogP contribution is -2.73. The second-order valence-corrected chi connectivity index (χ2v) is 29.4. The quantitative estimate of drug-likeness (QED) is 0.0173. The Hall–Kier alpha value is -2.85. The molecule has 18 N–H and O–H groups in total. The van der Waals surface area contributed by atoms with Gasteiger partial charge in [-0.1, -0.05) is 187 Å². The molecule has 0 unspecified atom stereocenters. The predicted molar refractivity (Wildman–Crippen MR) is 373 cm³/mol. The van der Waals surface area contributed by atoms with Crippen LogP contribution < -0.4 is 10.6 Å². The molecule has 31 nitrogen and oxygen atoms in total. The average Bonchev–Trinajstić information content (AvgIpc) is 0.730. The number of carbonyl (C=O) groups is 3. The van der Waals surface area contributed by atoms with Gasteiger partial charge < -0.3 is 140 Å². The van der Waals surface area contributed by atoms with E-state index in [1.54, 1.807) is 6.08 Å². The van der Waals surface area contributed by atoms with Crippen molar-refractivity contribution in [3.05, 3.63) is 12.2 Å². The third kappa shape index (κ3) is 27.9. The third-order valence-electron chi connectivity index (χ3n) is 21.0. The lowest BCUT2D eigenvalue weighted by atomic mass is 9.79. The fourth-order valence-corrected chi connectivity index (χ4v) is 14.7. The zero-order valence-corrected chi connectivity index (χ0v) is 61.8. The summed E-state index contributed by atoms with van der Waals surface area (Å²) >= 11 is 0. The number of nitrogens with one attached hydrogen (secondary N) is 2. The van der Waals surface area contributed by atoms with Crippen LogP contribution in [0.25, 0.3) is 0 Å². The minimum absolute atomic E-state index is 0.168. The summed E-state index contributed by atoms with van der Waals surface area (Å²) in [6.45, 7) is 0.0831. The highest BCUT2D eigenvalue weighted by Gasteiger charge is 2.63. The Balaban J connectivity index is 1.36. The Kier molecular flexibility index (Phi) is 43.0. The van der Waals surface area contributed by atoms with E-state index in [1.807, 2.05) is 6.08 Å². The van der Waals surface area contributed by atoms with Gasteiger partial charge in [0, 0.05) is 31.8 Å². The number of amides is 2. The summed E-state index contributed by atoms with van der Waals surface area (Å²) in [5.74, 6) is -6.90. The van der Waals surface area contributed by atoms with E-state index in [0.717, 1.165) is 58.3 Å². The predicted octanol–water partition coefficient (Wildman–Crippen LogP) is 0.800. The molecule has 1 saturated carbocycles. The van der Waals surface area contributed by atoms with Crippen LogP contribution in [-0.2, 0) is 61.8 Å². The molecule has 4 saturated heterocycles. The van der Waals surface area contributed by atoms with E-state index in [2.05, 4.69) is 24.5 Å². The molecule has 104 heavy (non-hydrogen) atoms. The van der Waals surface area contributed by atoms with Crippen LogP contribution in [0.2, 0.25) is 0 Å². The molecular formula is C73H132N2O29. The smallest absolute Gasteiger partial charge is 0.332 e. The van der Waals surface area contributed by atoms with Crippen molar-refractivity contribution in [2.75, 3.05) is 46.2 Å². The summed E-state index contributed by atoms with van der Waals surface area (Å²) in [6, 6.07) is -2.87. The molecule has 0 radical (unpaired) electrons. The molecule has 0 aromatic rings. The molecule has 5 fully saturated rings. The summed E-state index contributed by atoms with van der Waals surface area (Å²) in [5, 5.41) is 184. The fourth-order valence-electron chi connectivity index (χ4n) is 14.7. The first-order valence-electron chi connectivity index (χ1n) is 38.7. The monoisotopic (exact) mass is 1500 g/mol. The van der Waals surface area contributed by atoms with E-state index in [1.165, 1.54) is 116 Å².